The second kappa shape index (κ2) is 14.9. The fraction of sp³-hybridized carbons (Fsp3) is 0.297. The van der Waals surface area contributed by atoms with Crippen LogP contribution in [0.3, 0.4) is 0 Å². The number of amides is 2. The van der Waals surface area contributed by atoms with Crippen LogP contribution in [0.5, 0.6) is 0 Å². The van der Waals surface area contributed by atoms with Gasteiger partial charge in [0.25, 0.3) is 5.91 Å². The first-order valence-corrected chi connectivity index (χ1v) is 15.4. The molecule has 0 bridgehead atoms. The van der Waals surface area contributed by atoms with E-state index in [4.69, 9.17) is 5.73 Å². The molecule has 7 heteroatoms. The molecular weight excluding hydrogens is 551 g/mol. The van der Waals surface area contributed by atoms with Crippen LogP contribution in [0.1, 0.15) is 52.9 Å². The number of rotatable bonds is 11. The van der Waals surface area contributed by atoms with Crippen LogP contribution >= 0.6 is 0 Å². The van der Waals surface area contributed by atoms with Crippen molar-refractivity contribution in [2.75, 3.05) is 26.2 Å². The van der Waals surface area contributed by atoms with Crippen molar-refractivity contribution in [3.8, 4) is 11.1 Å². The van der Waals surface area contributed by atoms with Crippen LogP contribution in [-0.2, 0) is 17.8 Å². The molecule has 0 aromatic heterocycles. The zero-order valence-electron chi connectivity index (χ0n) is 25.3. The average molecular weight is 593 g/mol. The number of benzene rings is 4. The third-order valence-corrected chi connectivity index (χ3v) is 8.45. The zero-order chi connectivity index (χ0) is 30.9. The molecule has 1 heterocycles. The van der Waals surface area contributed by atoms with Gasteiger partial charge in [0.2, 0.25) is 5.91 Å². The van der Waals surface area contributed by atoms with Crippen LogP contribution in [0.25, 0.3) is 11.1 Å². The SMILES string of the molecule is CC(c1cccc(-c2ccccc2C(=O)NCCN)c1)N(C(=O)Cc1ccc(F)cc1)C1CCN(Cc2ccccc2)CC1. The second-order valence-electron chi connectivity index (χ2n) is 11.5. The number of hydrogen-bond acceptors (Lipinski definition) is 4. The molecule has 0 saturated carbocycles. The van der Waals surface area contributed by atoms with E-state index in [1.807, 2.05) is 53.4 Å². The number of hydrogen-bond donors (Lipinski definition) is 2. The molecule has 5 rings (SSSR count). The highest BCUT2D eigenvalue weighted by Gasteiger charge is 2.32. The topological polar surface area (TPSA) is 78.7 Å². The molecule has 4 aromatic rings. The van der Waals surface area contributed by atoms with E-state index in [1.165, 1.54) is 17.7 Å². The predicted octanol–water partition coefficient (Wildman–Crippen LogP) is 5.98. The summed E-state index contributed by atoms with van der Waals surface area (Å²) in [6, 6.07) is 32.2. The standard InChI is InChI=1S/C37H41FN4O2/c1-27(30-10-7-11-31(25-30)34-12-5-6-13-35(34)37(44)40-21-20-39)42(36(43)24-28-14-16-32(38)17-15-28)33-18-22-41(23-19-33)26-29-8-3-2-4-9-29/h2-17,25,27,33H,18-24,26,39H2,1H3,(H,40,44). The number of likely N-dealkylation sites (tertiary alicyclic amines) is 1. The Morgan fingerprint density at radius 3 is 2.34 bits per heavy atom. The van der Waals surface area contributed by atoms with Crippen molar-refractivity contribution in [1.29, 1.82) is 0 Å². The first-order chi connectivity index (χ1) is 21.4. The van der Waals surface area contributed by atoms with E-state index >= 15 is 0 Å². The molecule has 1 saturated heterocycles. The van der Waals surface area contributed by atoms with Crippen LogP contribution in [-0.4, -0.2) is 53.8 Å². The molecule has 2 amide bonds. The van der Waals surface area contributed by atoms with Gasteiger partial charge in [0.05, 0.1) is 12.5 Å². The highest BCUT2D eigenvalue weighted by Crippen LogP contribution is 2.32. The largest absolute Gasteiger partial charge is 0.351 e. The molecule has 1 aliphatic rings. The second-order valence-corrected chi connectivity index (χ2v) is 11.5. The van der Waals surface area contributed by atoms with E-state index in [0.717, 1.165) is 54.7 Å². The Labute approximate surface area is 259 Å². The molecular formula is C37H41FN4O2. The Balaban J connectivity index is 1.39. The number of piperidine rings is 1. The fourth-order valence-corrected chi connectivity index (χ4v) is 6.14. The minimum Gasteiger partial charge on any atom is -0.351 e. The van der Waals surface area contributed by atoms with Crippen LogP contribution in [0, 0.1) is 5.82 Å². The van der Waals surface area contributed by atoms with Gasteiger partial charge < -0.3 is 16.0 Å². The van der Waals surface area contributed by atoms with Crippen LogP contribution in [0.4, 0.5) is 4.39 Å². The minimum absolute atomic E-state index is 0.0255. The van der Waals surface area contributed by atoms with Gasteiger partial charge in [-0.1, -0.05) is 78.9 Å². The van der Waals surface area contributed by atoms with E-state index in [-0.39, 0.29) is 36.1 Å². The normalized spacial score (nSPS) is 14.6. The highest BCUT2D eigenvalue weighted by molar-refractivity contribution is 6.00. The van der Waals surface area contributed by atoms with E-state index < -0.39 is 0 Å². The summed E-state index contributed by atoms with van der Waals surface area (Å²) >= 11 is 0. The maximum absolute atomic E-state index is 14.0. The first kappa shape index (κ1) is 31.1. The van der Waals surface area contributed by atoms with Gasteiger partial charge in [-0.15, -0.1) is 0 Å². The number of nitrogens with zero attached hydrogens (tertiary/aromatic N) is 2. The summed E-state index contributed by atoms with van der Waals surface area (Å²) in [6.45, 7) is 5.55. The van der Waals surface area contributed by atoms with Crippen LogP contribution in [0.2, 0.25) is 0 Å². The molecule has 0 aliphatic carbocycles. The summed E-state index contributed by atoms with van der Waals surface area (Å²) in [5.41, 5.74) is 11.0. The molecule has 1 atom stereocenters. The number of carbonyl (C=O) groups excluding carboxylic acids is 2. The molecule has 44 heavy (non-hydrogen) atoms. The van der Waals surface area contributed by atoms with Crippen molar-refractivity contribution in [2.24, 2.45) is 5.73 Å². The van der Waals surface area contributed by atoms with E-state index in [2.05, 4.69) is 47.5 Å². The van der Waals surface area contributed by atoms with Gasteiger partial charge in [0.1, 0.15) is 5.82 Å². The van der Waals surface area contributed by atoms with Gasteiger partial charge in [-0.05, 0) is 71.8 Å². The van der Waals surface area contributed by atoms with Crippen molar-refractivity contribution in [3.63, 3.8) is 0 Å². The number of carbonyl (C=O) groups is 2. The molecule has 1 unspecified atom stereocenters. The molecule has 228 valence electrons. The van der Waals surface area contributed by atoms with Crippen LogP contribution < -0.4 is 11.1 Å². The summed E-state index contributed by atoms with van der Waals surface area (Å²) in [4.78, 5) is 31.4. The van der Waals surface area contributed by atoms with Crippen molar-refractivity contribution < 1.29 is 14.0 Å². The summed E-state index contributed by atoms with van der Waals surface area (Å²) in [7, 11) is 0. The van der Waals surface area contributed by atoms with Gasteiger partial charge in [-0.3, -0.25) is 14.5 Å². The van der Waals surface area contributed by atoms with Crippen molar-refractivity contribution in [3.05, 3.63) is 131 Å². The fourth-order valence-electron chi connectivity index (χ4n) is 6.14. The Morgan fingerprint density at radius 2 is 1.61 bits per heavy atom. The molecule has 3 N–H and O–H groups in total. The van der Waals surface area contributed by atoms with Crippen molar-refractivity contribution in [2.45, 2.75) is 44.8 Å². The monoisotopic (exact) mass is 592 g/mol. The molecule has 4 aromatic carbocycles. The maximum Gasteiger partial charge on any atom is 0.251 e. The van der Waals surface area contributed by atoms with E-state index in [1.54, 1.807) is 12.1 Å². The minimum atomic E-state index is -0.314. The lowest BCUT2D eigenvalue weighted by molar-refractivity contribution is -0.136. The lowest BCUT2D eigenvalue weighted by atomic mass is 9.93. The van der Waals surface area contributed by atoms with Gasteiger partial charge in [0, 0.05) is 44.3 Å². The third kappa shape index (κ3) is 7.78. The summed E-state index contributed by atoms with van der Waals surface area (Å²) in [5.74, 6) is -0.452. The summed E-state index contributed by atoms with van der Waals surface area (Å²) in [5, 5.41) is 2.87. The lowest BCUT2D eigenvalue weighted by Crippen LogP contribution is -2.48. The predicted molar refractivity (Wildman–Crippen MR) is 173 cm³/mol. The smallest absolute Gasteiger partial charge is 0.251 e. The van der Waals surface area contributed by atoms with Gasteiger partial charge in [-0.2, -0.15) is 0 Å². The average Bonchev–Trinajstić information content (AvgIpc) is 3.06. The molecule has 0 spiro atoms. The van der Waals surface area contributed by atoms with Gasteiger partial charge in [0.15, 0.2) is 0 Å². The Kier molecular flexibility index (Phi) is 10.5. The van der Waals surface area contributed by atoms with Gasteiger partial charge >= 0.3 is 0 Å². The maximum atomic E-state index is 14.0. The van der Waals surface area contributed by atoms with E-state index in [9.17, 15) is 14.0 Å². The van der Waals surface area contributed by atoms with Crippen molar-refractivity contribution >= 4 is 11.8 Å². The number of halogens is 1. The molecule has 1 fully saturated rings. The zero-order valence-corrected chi connectivity index (χ0v) is 25.3. The quantitative estimate of drug-likeness (QED) is 0.225. The van der Waals surface area contributed by atoms with E-state index in [0.29, 0.717) is 18.7 Å². The van der Waals surface area contributed by atoms with Gasteiger partial charge in [-0.25, -0.2) is 4.39 Å². The Morgan fingerprint density at radius 1 is 0.909 bits per heavy atom. The molecule has 1 aliphatic heterocycles. The third-order valence-electron chi connectivity index (χ3n) is 8.45. The van der Waals surface area contributed by atoms with Crippen LogP contribution in [0.15, 0.2) is 103 Å². The Hall–Kier alpha value is -4.33. The Bertz CT molecular complexity index is 1530. The number of nitrogens with one attached hydrogen (secondary N) is 1. The first-order valence-electron chi connectivity index (χ1n) is 15.4. The molecule has 6 nitrogen and oxygen atoms in total. The lowest BCUT2D eigenvalue weighted by Gasteiger charge is -2.42. The molecule has 0 radical (unpaired) electrons. The summed E-state index contributed by atoms with van der Waals surface area (Å²) < 4.78 is 13.6. The number of nitrogens with two attached hydrogens (primary N) is 1. The highest BCUT2D eigenvalue weighted by atomic mass is 19.1. The summed E-state index contributed by atoms with van der Waals surface area (Å²) in [6.07, 6.45) is 1.95. The van der Waals surface area contributed by atoms with Crippen molar-refractivity contribution in [1.82, 2.24) is 15.1 Å².